The molecule has 112 valence electrons. The lowest BCUT2D eigenvalue weighted by molar-refractivity contribution is 0.599. The van der Waals surface area contributed by atoms with Crippen LogP contribution in [0, 0.1) is 13.8 Å². The van der Waals surface area contributed by atoms with Gasteiger partial charge in [0.05, 0.1) is 4.90 Å². The first-order chi connectivity index (χ1) is 9.94. The Morgan fingerprint density at radius 3 is 2.19 bits per heavy atom. The molecule has 1 aromatic carbocycles. The summed E-state index contributed by atoms with van der Waals surface area (Å²) in [5.74, 6) is 0.0621. The van der Waals surface area contributed by atoms with Crippen molar-refractivity contribution in [1.82, 2.24) is 9.97 Å². The van der Waals surface area contributed by atoms with E-state index in [-0.39, 0.29) is 10.8 Å². The van der Waals surface area contributed by atoms with Gasteiger partial charge in [-0.2, -0.15) is 0 Å². The van der Waals surface area contributed by atoms with Crippen LogP contribution in [0.25, 0.3) is 0 Å². The summed E-state index contributed by atoms with van der Waals surface area (Å²) in [5.41, 5.74) is 2.26. The summed E-state index contributed by atoms with van der Waals surface area (Å²) < 4.78 is 27.4. The van der Waals surface area contributed by atoms with Gasteiger partial charge in [-0.05, 0) is 50.1 Å². The third kappa shape index (κ3) is 3.49. The molecule has 0 bridgehead atoms. The smallest absolute Gasteiger partial charge is 0.264 e. The highest BCUT2D eigenvalue weighted by atomic mass is 32.2. The Morgan fingerprint density at radius 1 is 1.10 bits per heavy atom. The van der Waals surface area contributed by atoms with Crippen LogP contribution in [0.5, 0.6) is 0 Å². The van der Waals surface area contributed by atoms with E-state index in [9.17, 15) is 8.42 Å². The summed E-state index contributed by atoms with van der Waals surface area (Å²) in [6.07, 6.45) is 2.97. The van der Waals surface area contributed by atoms with Gasteiger partial charge in [0.15, 0.2) is 0 Å². The van der Waals surface area contributed by atoms with E-state index >= 15 is 0 Å². The van der Waals surface area contributed by atoms with E-state index in [0.29, 0.717) is 11.1 Å². The van der Waals surface area contributed by atoms with Gasteiger partial charge in [0.25, 0.3) is 10.0 Å². The highest BCUT2D eigenvalue weighted by Gasteiger charge is 2.21. The summed E-state index contributed by atoms with van der Waals surface area (Å²) in [4.78, 5) is 8.02. The molecule has 2 aromatic rings. The lowest BCUT2D eigenvalue weighted by atomic mass is 10.1. The first-order valence-electron chi connectivity index (χ1n) is 6.59. The molecule has 0 aliphatic rings. The van der Waals surface area contributed by atoms with Crippen molar-refractivity contribution in [2.45, 2.75) is 25.7 Å². The summed E-state index contributed by atoms with van der Waals surface area (Å²) in [6.45, 7) is 6.31. The largest absolute Gasteiger partial charge is 0.385 e. The van der Waals surface area contributed by atoms with Crippen molar-refractivity contribution in [1.29, 1.82) is 0 Å². The molecule has 21 heavy (non-hydrogen) atoms. The van der Waals surface area contributed by atoms with Crippen LogP contribution < -0.4 is 10.0 Å². The molecular formula is C14H18N4O2S. The van der Waals surface area contributed by atoms with Crippen molar-refractivity contribution < 1.29 is 8.42 Å². The Labute approximate surface area is 124 Å². The summed E-state index contributed by atoms with van der Waals surface area (Å²) >= 11 is 0. The van der Waals surface area contributed by atoms with Crippen molar-refractivity contribution in [2.24, 2.45) is 0 Å². The van der Waals surface area contributed by atoms with Crippen molar-refractivity contribution in [2.75, 3.05) is 16.6 Å². The first kappa shape index (κ1) is 15.2. The van der Waals surface area contributed by atoms with E-state index in [1.54, 1.807) is 19.9 Å². The third-order valence-electron chi connectivity index (χ3n) is 2.90. The number of aromatic nitrogens is 2. The molecule has 6 nitrogen and oxygen atoms in total. The molecular weight excluding hydrogens is 288 g/mol. The number of hydrogen-bond acceptors (Lipinski definition) is 5. The molecule has 7 heteroatoms. The Hall–Kier alpha value is -2.15. The number of sulfonamides is 1. The van der Waals surface area contributed by atoms with Gasteiger partial charge in [-0.15, -0.1) is 0 Å². The van der Waals surface area contributed by atoms with Crippen LogP contribution in [-0.4, -0.2) is 24.9 Å². The minimum Gasteiger partial charge on any atom is -0.385 e. The first-order valence-corrected chi connectivity index (χ1v) is 8.07. The Balaban J connectivity index is 2.41. The summed E-state index contributed by atoms with van der Waals surface area (Å²) in [5, 5.41) is 3.18. The molecule has 2 rings (SSSR count). The molecule has 0 saturated heterocycles. The molecule has 0 atom stereocenters. The van der Waals surface area contributed by atoms with Gasteiger partial charge in [0, 0.05) is 24.6 Å². The fraction of sp³-hybridized carbons (Fsp3) is 0.286. The monoisotopic (exact) mass is 306 g/mol. The number of hydrogen-bond donors (Lipinski definition) is 2. The fourth-order valence-corrected chi connectivity index (χ4v) is 3.62. The van der Waals surface area contributed by atoms with Crippen LogP contribution in [0.2, 0.25) is 0 Å². The van der Waals surface area contributed by atoms with Crippen LogP contribution in [-0.2, 0) is 10.0 Å². The zero-order valence-electron chi connectivity index (χ0n) is 12.2. The predicted molar refractivity (Wildman–Crippen MR) is 82.9 cm³/mol. The van der Waals surface area contributed by atoms with Crippen LogP contribution in [0.1, 0.15) is 18.1 Å². The number of nitrogens with zero attached hydrogens (tertiary/aromatic N) is 2. The van der Waals surface area contributed by atoms with Crippen LogP contribution in [0.15, 0.2) is 35.5 Å². The van der Waals surface area contributed by atoms with Crippen molar-refractivity contribution in [3.8, 4) is 0 Å². The van der Waals surface area contributed by atoms with Crippen molar-refractivity contribution in [3.05, 3.63) is 41.7 Å². The maximum atomic E-state index is 12.5. The highest BCUT2D eigenvalue weighted by molar-refractivity contribution is 7.92. The second kappa shape index (κ2) is 6.09. The predicted octanol–water partition coefficient (Wildman–Crippen LogP) is 2.33. The van der Waals surface area contributed by atoms with Crippen LogP contribution >= 0.6 is 0 Å². The molecule has 0 unspecified atom stereocenters. The number of nitrogens with one attached hydrogen (secondary N) is 2. The van der Waals surface area contributed by atoms with Gasteiger partial charge in [0.2, 0.25) is 5.95 Å². The second-order valence-electron chi connectivity index (χ2n) is 4.65. The van der Waals surface area contributed by atoms with Gasteiger partial charge in [-0.25, -0.2) is 23.1 Å². The minimum absolute atomic E-state index is 0.0621. The molecule has 1 aromatic heterocycles. The number of benzene rings is 1. The molecule has 2 N–H and O–H groups in total. The molecule has 1 heterocycles. The number of rotatable bonds is 5. The van der Waals surface area contributed by atoms with Crippen LogP contribution in [0.4, 0.5) is 11.6 Å². The van der Waals surface area contributed by atoms with E-state index in [4.69, 9.17) is 0 Å². The summed E-state index contributed by atoms with van der Waals surface area (Å²) in [6, 6.07) is 5.26. The van der Waals surface area contributed by atoms with Gasteiger partial charge in [-0.1, -0.05) is 0 Å². The van der Waals surface area contributed by atoms with Gasteiger partial charge in [-0.3, -0.25) is 0 Å². The third-order valence-corrected chi connectivity index (χ3v) is 4.53. The van der Waals surface area contributed by atoms with E-state index in [2.05, 4.69) is 20.0 Å². The minimum atomic E-state index is -3.71. The zero-order valence-corrected chi connectivity index (χ0v) is 13.0. The molecule has 0 saturated carbocycles. The molecule has 0 fully saturated rings. The standard InChI is InChI=1S/C14H18N4O2S/c1-4-15-12-8-10(2)13(11(3)9-12)21(19,20)18-14-16-6-5-7-17-14/h5-9,15H,4H2,1-3H3,(H,16,17,18). The van der Waals surface area contributed by atoms with Crippen LogP contribution in [0.3, 0.4) is 0 Å². The van der Waals surface area contributed by atoms with E-state index in [1.165, 1.54) is 12.4 Å². The maximum absolute atomic E-state index is 12.5. The molecule has 0 radical (unpaired) electrons. The van der Waals surface area contributed by atoms with E-state index in [0.717, 1.165) is 12.2 Å². The lowest BCUT2D eigenvalue weighted by Crippen LogP contribution is -2.17. The Bertz CT molecular complexity index is 707. The topological polar surface area (TPSA) is 84.0 Å². The van der Waals surface area contributed by atoms with Gasteiger partial charge < -0.3 is 5.32 Å². The average Bonchev–Trinajstić information content (AvgIpc) is 2.38. The van der Waals surface area contributed by atoms with Gasteiger partial charge >= 0.3 is 0 Å². The number of aryl methyl sites for hydroxylation is 2. The van der Waals surface area contributed by atoms with Gasteiger partial charge in [0.1, 0.15) is 0 Å². The molecule has 0 aliphatic heterocycles. The fourth-order valence-electron chi connectivity index (χ4n) is 2.20. The maximum Gasteiger partial charge on any atom is 0.264 e. The lowest BCUT2D eigenvalue weighted by Gasteiger charge is -2.14. The highest BCUT2D eigenvalue weighted by Crippen LogP contribution is 2.25. The average molecular weight is 306 g/mol. The molecule has 0 spiro atoms. The summed E-state index contributed by atoms with van der Waals surface area (Å²) in [7, 11) is -3.71. The van der Waals surface area contributed by atoms with Crippen molar-refractivity contribution in [3.63, 3.8) is 0 Å². The SMILES string of the molecule is CCNc1cc(C)c(S(=O)(=O)Nc2ncccn2)c(C)c1. The normalized spacial score (nSPS) is 11.2. The zero-order chi connectivity index (χ0) is 15.5. The number of anilines is 2. The second-order valence-corrected chi connectivity index (χ2v) is 6.27. The molecule has 0 amide bonds. The van der Waals surface area contributed by atoms with E-state index in [1.807, 2.05) is 19.1 Å². The molecule has 0 aliphatic carbocycles. The quantitative estimate of drug-likeness (QED) is 0.885. The Kier molecular flexibility index (Phi) is 4.42. The van der Waals surface area contributed by atoms with Crippen molar-refractivity contribution >= 4 is 21.7 Å². The van der Waals surface area contributed by atoms with E-state index < -0.39 is 10.0 Å². The Morgan fingerprint density at radius 2 is 1.67 bits per heavy atom.